The van der Waals surface area contributed by atoms with Gasteiger partial charge < -0.3 is 10.1 Å². The fourth-order valence-electron chi connectivity index (χ4n) is 2.40. The molecule has 3 aromatic rings. The molecule has 2 aromatic carbocycles. The number of benzene rings is 2. The zero-order valence-electron chi connectivity index (χ0n) is 15.2. The smallest absolute Gasteiger partial charge is 0.387 e. The van der Waals surface area contributed by atoms with Crippen LogP contribution < -0.4 is 10.1 Å². The predicted octanol–water partition coefficient (Wildman–Crippen LogP) is 5.58. The number of thioether (sulfide) groups is 1. The Kier molecular flexibility index (Phi) is 7.00. The van der Waals surface area contributed by atoms with E-state index in [0.29, 0.717) is 16.6 Å². The number of nitrogens with zero attached hydrogens (tertiary/aromatic N) is 2. The van der Waals surface area contributed by atoms with E-state index in [-0.39, 0.29) is 16.5 Å². The molecule has 0 radical (unpaired) electrons. The molecule has 0 atom stereocenters. The van der Waals surface area contributed by atoms with E-state index < -0.39 is 12.5 Å². The summed E-state index contributed by atoms with van der Waals surface area (Å²) in [5.41, 5.74) is 2.72. The maximum Gasteiger partial charge on any atom is 0.387 e. The minimum atomic E-state index is -2.91. The lowest BCUT2D eigenvalue weighted by molar-refractivity contribution is -0.0498. The average molecular weight is 436 g/mol. The van der Waals surface area contributed by atoms with Crippen molar-refractivity contribution in [3.63, 3.8) is 0 Å². The zero-order valence-corrected chi connectivity index (χ0v) is 16.8. The van der Waals surface area contributed by atoms with E-state index in [1.165, 1.54) is 42.2 Å². The maximum absolute atomic E-state index is 12.5. The third-order valence-electron chi connectivity index (χ3n) is 3.89. The molecular formula is C20H16ClF2N3O2S. The second kappa shape index (κ2) is 9.67. The summed E-state index contributed by atoms with van der Waals surface area (Å²) in [5.74, 6) is 0.117. The summed E-state index contributed by atoms with van der Waals surface area (Å²) in [7, 11) is 0. The van der Waals surface area contributed by atoms with Crippen molar-refractivity contribution < 1.29 is 18.3 Å². The van der Waals surface area contributed by atoms with Crippen molar-refractivity contribution in [2.45, 2.75) is 24.4 Å². The predicted molar refractivity (Wildman–Crippen MR) is 109 cm³/mol. The lowest BCUT2D eigenvalue weighted by atomic mass is 10.1. The topological polar surface area (TPSA) is 64.1 Å². The number of carbonyl (C=O) groups is 1. The number of rotatable bonds is 7. The number of ether oxygens (including phenoxy) is 1. The molecule has 150 valence electrons. The largest absolute Gasteiger partial charge is 0.435 e. The summed E-state index contributed by atoms with van der Waals surface area (Å²) in [4.78, 5) is 21.0. The van der Waals surface area contributed by atoms with Crippen LogP contribution in [-0.2, 0) is 5.75 Å². The molecule has 0 saturated carbocycles. The first-order chi connectivity index (χ1) is 13.9. The fourth-order valence-corrected chi connectivity index (χ4v) is 3.47. The number of hydrogen-bond acceptors (Lipinski definition) is 5. The first-order valence-electron chi connectivity index (χ1n) is 8.48. The molecule has 29 heavy (non-hydrogen) atoms. The highest BCUT2D eigenvalue weighted by Gasteiger charge is 2.15. The lowest BCUT2D eigenvalue weighted by Crippen LogP contribution is -2.15. The average Bonchev–Trinajstić information content (AvgIpc) is 2.69. The molecule has 0 bridgehead atoms. The Morgan fingerprint density at radius 1 is 1.21 bits per heavy atom. The molecule has 3 rings (SSSR count). The molecular weight excluding hydrogens is 420 g/mol. The van der Waals surface area contributed by atoms with Crippen LogP contribution in [0, 0.1) is 6.92 Å². The molecule has 0 aliphatic heterocycles. The number of carbonyl (C=O) groups excluding carboxylic acids is 1. The van der Waals surface area contributed by atoms with E-state index in [1.54, 1.807) is 0 Å². The van der Waals surface area contributed by atoms with Crippen LogP contribution in [0.15, 0.2) is 59.9 Å². The second-order valence-corrected chi connectivity index (χ2v) is 7.27. The number of halogens is 3. The number of hydrogen-bond donors (Lipinski definition) is 1. The summed E-state index contributed by atoms with van der Waals surface area (Å²) in [6, 6.07) is 13.5. The van der Waals surface area contributed by atoms with Crippen LogP contribution in [0.3, 0.4) is 0 Å². The number of alkyl halides is 2. The van der Waals surface area contributed by atoms with Crippen molar-refractivity contribution in [2.75, 3.05) is 5.32 Å². The maximum atomic E-state index is 12.5. The van der Waals surface area contributed by atoms with Crippen LogP contribution in [0.25, 0.3) is 0 Å². The van der Waals surface area contributed by atoms with Gasteiger partial charge in [-0.25, -0.2) is 9.97 Å². The van der Waals surface area contributed by atoms with Crippen LogP contribution in [0.4, 0.5) is 14.5 Å². The Bertz CT molecular complexity index is 1000. The first-order valence-corrected chi connectivity index (χ1v) is 9.85. The van der Waals surface area contributed by atoms with Crippen molar-refractivity contribution in [2.24, 2.45) is 0 Å². The Labute approximate surface area is 175 Å². The summed E-state index contributed by atoms with van der Waals surface area (Å²) in [6.45, 7) is -0.888. The molecule has 1 heterocycles. The van der Waals surface area contributed by atoms with E-state index in [4.69, 9.17) is 11.6 Å². The highest BCUT2D eigenvalue weighted by molar-refractivity contribution is 7.98. The van der Waals surface area contributed by atoms with Gasteiger partial charge in [0.2, 0.25) is 0 Å². The van der Waals surface area contributed by atoms with Crippen LogP contribution in [0.5, 0.6) is 5.75 Å². The highest BCUT2D eigenvalue weighted by Crippen LogP contribution is 2.24. The molecule has 0 saturated heterocycles. The molecule has 0 aliphatic rings. The minimum Gasteiger partial charge on any atom is -0.435 e. The van der Waals surface area contributed by atoms with Gasteiger partial charge >= 0.3 is 6.61 Å². The molecule has 1 amide bonds. The lowest BCUT2D eigenvalue weighted by Gasteiger charge is -2.09. The van der Waals surface area contributed by atoms with Crippen LogP contribution >= 0.6 is 23.4 Å². The van der Waals surface area contributed by atoms with Crippen molar-refractivity contribution >= 4 is 35.0 Å². The SMILES string of the molecule is Cc1ccccc1CSc1ncc(Cl)c(C(=O)Nc2ccc(OC(F)F)cc2)n1. The van der Waals surface area contributed by atoms with Gasteiger partial charge in [0.25, 0.3) is 5.91 Å². The molecule has 5 nitrogen and oxygen atoms in total. The Morgan fingerprint density at radius 2 is 1.93 bits per heavy atom. The van der Waals surface area contributed by atoms with Gasteiger partial charge in [0.05, 0.1) is 11.2 Å². The van der Waals surface area contributed by atoms with Gasteiger partial charge in [-0.1, -0.05) is 47.6 Å². The van der Waals surface area contributed by atoms with Gasteiger partial charge in [-0.3, -0.25) is 4.79 Å². The molecule has 0 spiro atoms. The van der Waals surface area contributed by atoms with E-state index in [1.807, 2.05) is 31.2 Å². The summed E-state index contributed by atoms with van der Waals surface area (Å²) in [6.07, 6.45) is 1.38. The molecule has 0 fully saturated rings. The van der Waals surface area contributed by atoms with E-state index in [2.05, 4.69) is 20.0 Å². The van der Waals surface area contributed by atoms with Gasteiger partial charge in [0, 0.05) is 11.4 Å². The van der Waals surface area contributed by atoms with Crippen molar-refractivity contribution in [3.05, 3.63) is 76.6 Å². The third-order valence-corrected chi connectivity index (χ3v) is 5.08. The molecule has 9 heteroatoms. The summed E-state index contributed by atoms with van der Waals surface area (Å²) in [5, 5.41) is 3.16. The van der Waals surface area contributed by atoms with Gasteiger partial charge in [-0.05, 0) is 42.3 Å². The normalized spacial score (nSPS) is 10.8. The van der Waals surface area contributed by atoms with Gasteiger partial charge in [-0.2, -0.15) is 8.78 Å². The van der Waals surface area contributed by atoms with Crippen LogP contribution in [0.1, 0.15) is 21.6 Å². The number of anilines is 1. The van der Waals surface area contributed by atoms with Crippen molar-refractivity contribution in [1.29, 1.82) is 0 Å². The fraction of sp³-hybridized carbons (Fsp3) is 0.150. The van der Waals surface area contributed by atoms with E-state index in [9.17, 15) is 13.6 Å². The molecule has 1 N–H and O–H groups in total. The van der Waals surface area contributed by atoms with Gasteiger partial charge in [0.1, 0.15) is 5.75 Å². The quantitative estimate of drug-likeness (QED) is 0.387. The Hall–Kier alpha value is -2.71. The highest BCUT2D eigenvalue weighted by atomic mass is 35.5. The summed E-state index contributed by atoms with van der Waals surface area (Å²) < 4.78 is 28.7. The molecule has 0 unspecified atom stereocenters. The second-order valence-electron chi connectivity index (χ2n) is 5.92. The monoisotopic (exact) mass is 435 g/mol. The van der Waals surface area contributed by atoms with E-state index in [0.717, 1.165) is 11.1 Å². The zero-order chi connectivity index (χ0) is 20.8. The summed E-state index contributed by atoms with van der Waals surface area (Å²) >= 11 is 7.48. The van der Waals surface area contributed by atoms with Crippen LogP contribution in [-0.4, -0.2) is 22.5 Å². The van der Waals surface area contributed by atoms with Crippen molar-refractivity contribution in [1.82, 2.24) is 9.97 Å². The Balaban J connectivity index is 1.68. The Morgan fingerprint density at radius 3 is 2.62 bits per heavy atom. The number of amides is 1. The minimum absolute atomic E-state index is 0.00652. The first kappa shape index (κ1) is 21.0. The number of aryl methyl sites for hydroxylation is 1. The van der Waals surface area contributed by atoms with Gasteiger partial charge in [0.15, 0.2) is 10.9 Å². The number of aromatic nitrogens is 2. The standard InChI is InChI=1S/C20H16ClF2N3O2S/c1-12-4-2-3-5-13(12)11-29-20-24-10-16(21)17(26-20)18(27)25-14-6-8-15(9-7-14)28-19(22)23/h2-10,19H,11H2,1H3,(H,25,27). The van der Waals surface area contributed by atoms with Crippen molar-refractivity contribution in [3.8, 4) is 5.75 Å². The molecule has 1 aromatic heterocycles. The van der Waals surface area contributed by atoms with Crippen LogP contribution in [0.2, 0.25) is 5.02 Å². The van der Waals surface area contributed by atoms with Gasteiger partial charge in [-0.15, -0.1) is 0 Å². The number of nitrogens with one attached hydrogen (secondary N) is 1. The third kappa shape index (κ3) is 5.88. The van der Waals surface area contributed by atoms with E-state index >= 15 is 0 Å². The molecule has 0 aliphatic carbocycles.